The van der Waals surface area contributed by atoms with Gasteiger partial charge < -0.3 is 15.8 Å². The van der Waals surface area contributed by atoms with E-state index in [-0.39, 0.29) is 0 Å². The lowest BCUT2D eigenvalue weighted by molar-refractivity contribution is 0.185. The molecule has 3 heteroatoms. The molecule has 1 saturated carbocycles. The van der Waals surface area contributed by atoms with Gasteiger partial charge in [-0.2, -0.15) is 0 Å². The van der Waals surface area contributed by atoms with E-state index < -0.39 is 0 Å². The molecule has 0 radical (unpaired) electrons. The highest BCUT2D eigenvalue weighted by atomic mass is 16.5. The van der Waals surface area contributed by atoms with E-state index in [1.807, 2.05) is 0 Å². The molecule has 0 spiro atoms. The third kappa shape index (κ3) is 3.04. The van der Waals surface area contributed by atoms with Crippen molar-refractivity contribution in [1.29, 1.82) is 0 Å². The van der Waals surface area contributed by atoms with Gasteiger partial charge in [-0.1, -0.05) is 24.3 Å². The molecule has 2 rings (SSSR count). The van der Waals surface area contributed by atoms with Crippen LogP contribution in [0.25, 0.3) is 0 Å². The zero-order chi connectivity index (χ0) is 11.4. The molecule has 1 aromatic rings. The number of ether oxygens (including phenoxy) is 1. The normalized spacial score (nSPS) is 24.1. The fourth-order valence-electron chi connectivity index (χ4n) is 2.09. The first-order chi connectivity index (χ1) is 7.78. The molecular formula is C13H20N2O. The van der Waals surface area contributed by atoms with Gasteiger partial charge >= 0.3 is 0 Å². The maximum Gasteiger partial charge on any atom is 0.0713 e. The molecule has 0 bridgehead atoms. The van der Waals surface area contributed by atoms with Gasteiger partial charge in [0.2, 0.25) is 0 Å². The van der Waals surface area contributed by atoms with Crippen molar-refractivity contribution in [1.82, 2.24) is 5.32 Å². The van der Waals surface area contributed by atoms with Gasteiger partial charge in [-0.25, -0.2) is 0 Å². The van der Waals surface area contributed by atoms with Crippen molar-refractivity contribution >= 4 is 0 Å². The minimum absolute atomic E-state index is 0.414. The van der Waals surface area contributed by atoms with E-state index >= 15 is 0 Å². The lowest BCUT2D eigenvalue weighted by atomic mass is 9.87. The quantitative estimate of drug-likeness (QED) is 0.789. The molecule has 0 aromatic heterocycles. The third-order valence-electron chi connectivity index (χ3n) is 3.07. The van der Waals surface area contributed by atoms with E-state index in [1.165, 1.54) is 11.1 Å². The van der Waals surface area contributed by atoms with Crippen molar-refractivity contribution in [3.63, 3.8) is 0 Å². The van der Waals surface area contributed by atoms with E-state index in [0.717, 1.165) is 19.4 Å². The van der Waals surface area contributed by atoms with Crippen LogP contribution in [0.2, 0.25) is 0 Å². The van der Waals surface area contributed by atoms with Gasteiger partial charge in [0, 0.05) is 25.7 Å². The largest absolute Gasteiger partial charge is 0.380 e. The summed E-state index contributed by atoms with van der Waals surface area (Å²) in [5, 5.41) is 3.51. The number of nitrogens with one attached hydrogen (secondary N) is 1. The van der Waals surface area contributed by atoms with Crippen molar-refractivity contribution in [2.75, 3.05) is 7.11 Å². The second-order valence-electron chi connectivity index (χ2n) is 4.56. The summed E-state index contributed by atoms with van der Waals surface area (Å²) in [6.07, 6.45) is 2.22. The summed E-state index contributed by atoms with van der Waals surface area (Å²) in [4.78, 5) is 0. The predicted octanol–water partition coefficient (Wildman–Crippen LogP) is 1.41. The van der Waals surface area contributed by atoms with Crippen LogP contribution in [-0.4, -0.2) is 19.2 Å². The van der Waals surface area contributed by atoms with Gasteiger partial charge in [0.15, 0.2) is 0 Å². The van der Waals surface area contributed by atoms with Gasteiger partial charge in [0.25, 0.3) is 0 Å². The zero-order valence-corrected chi connectivity index (χ0v) is 9.78. The van der Waals surface area contributed by atoms with Gasteiger partial charge in [-0.05, 0) is 24.0 Å². The van der Waals surface area contributed by atoms with Crippen LogP contribution in [0.4, 0.5) is 0 Å². The molecule has 0 saturated heterocycles. The van der Waals surface area contributed by atoms with Gasteiger partial charge in [-0.3, -0.25) is 0 Å². The van der Waals surface area contributed by atoms with Crippen molar-refractivity contribution < 1.29 is 4.74 Å². The lowest BCUT2D eigenvalue weighted by Gasteiger charge is -2.33. The van der Waals surface area contributed by atoms with E-state index in [0.29, 0.717) is 18.7 Å². The zero-order valence-electron chi connectivity index (χ0n) is 9.78. The molecule has 0 unspecified atom stereocenters. The Morgan fingerprint density at radius 2 is 2.12 bits per heavy atom. The molecular weight excluding hydrogens is 200 g/mol. The smallest absolute Gasteiger partial charge is 0.0713 e. The van der Waals surface area contributed by atoms with Crippen LogP contribution in [0.15, 0.2) is 24.3 Å². The molecule has 0 heterocycles. The molecule has 1 aliphatic carbocycles. The van der Waals surface area contributed by atoms with Crippen LogP contribution in [0.3, 0.4) is 0 Å². The molecule has 1 fully saturated rings. The first kappa shape index (κ1) is 11.6. The first-order valence-electron chi connectivity index (χ1n) is 5.83. The highest BCUT2D eigenvalue weighted by Crippen LogP contribution is 2.18. The van der Waals surface area contributed by atoms with Gasteiger partial charge in [0.1, 0.15) is 0 Å². The Kier molecular flexibility index (Phi) is 3.93. The highest BCUT2D eigenvalue weighted by Gasteiger charge is 2.24. The summed E-state index contributed by atoms with van der Waals surface area (Å²) in [6, 6.07) is 9.53. The number of benzene rings is 1. The number of nitrogens with two attached hydrogens (primary N) is 1. The van der Waals surface area contributed by atoms with Crippen LogP contribution in [0, 0.1) is 0 Å². The fraction of sp³-hybridized carbons (Fsp3) is 0.538. The summed E-state index contributed by atoms with van der Waals surface area (Å²) < 4.78 is 5.12. The van der Waals surface area contributed by atoms with Crippen LogP contribution >= 0.6 is 0 Å². The van der Waals surface area contributed by atoms with E-state index in [4.69, 9.17) is 10.5 Å². The molecule has 0 amide bonds. The SMILES string of the molecule is COCc1cccc(CNC2CC(N)C2)c1. The molecule has 0 aliphatic heterocycles. The molecule has 0 atom stereocenters. The second-order valence-corrected chi connectivity index (χ2v) is 4.56. The van der Waals surface area contributed by atoms with E-state index in [2.05, 4.69) is 29.6 Å². The van der Waals surface area contributed by atoms with E-state index in [9.17, 15) is 0 Å². The Hall–Kier alpha value is -0.900. The monoisotopic (exact) mass is 220 g/mol. The maximum absolute atomic E-state index is 5.74. The molecule has 1 aromatic carbocycles. The predicted molar refractivity (Wildman–Crippen MR) is 65.0 cm³/mol. The maximum atomic E-state index is 5.74. The van der Waals surface area contributed by atoms with Crippen LogP contribution in [-0.2, 0) is 17.9 Å². The molecule has 16 heavy (non-hydrogen) atoms. The Morgan fingerprint density at radius 3 is 2.81 bits per heavy atom. The molecule has 88 valence electrons. The average molecular weight is 220 g/mol. The Labute approximate surface area is 97.0 Å². The summed E-state index contributed by atoms with van der Waals surface area (Å²) in [5.74, 6) is 0. The minimum Gasteiger partial charge on any atom is -0.380 e. The second kappa shape index (κ2) is 5.43. The number of hydrogen-bond donors (Lipinski definition) is 2. The summed E-state index contributed by atoms with van der Waals surface area (Å²) in [7, 11) is 1.72. The third-order valence-corrected chi connectivity index (χ3v) is 3.07. The van der Waals surface area contributed by atoms with Crippen LogP contribution < -0.4 is 11.1 Å². The van der Waals surface area contributed by atoms with Crippen molar-refractivity contribution in [2.24, 2.45) is 5.73 Å². The van der Waals surface area contributed by atoms with Crippen LogP contribution in [0.1, 0.15) is 24.0 Å². The average Bonchev–Trinajstić information content (AvgIpc) is 2.24. The van der Waals surface area contributed by atoms with E-state index in [1.54, 1.807) is 7.11 Å². The Morgan fingerprint density at radius 1 is 1.38 bits per heavy atom. The summed E-state index contributed by atoms with van der Waals surface area (Å²) in [5.41, 5.74) is 8.29. The summed E-state index contributed by atoms with van der Waals surface area (Å²) >= 11 is 0. The topological polar surface area (TPSA) is 47.3 Å². The highest BCUT2D eigenvalue weighted by molar-refractivity contribution is 5.23. The molecule has 1 aliphatic rings. The Bertz CT molecular complexity index is 334. The van der Waals surface area contributed by atoms with Gasteiger partial charge in [0.05, 0.1) is 6.61 Å². The molecule has 3 N–H and O–H groups in total. The van der Waals surface area contributed by atoms with Crippen LogP contribution in [0.5, 0.6) is 0 Å². The fourth-order valence-corrected chi connectivity index (χ4v) is 2.09. The number of rotatable bonds is 5. The Balaban J connectivity index is 1.81. The number of hydrogen-bond acceptors (Lipinski definition) is 3. The van der Waals surface area contributed by atoms with Crippen molar-refractivity contribution in [3.8, 4) is 0 Å². The lowest BCUT2D eigenvalue weighted by Crippen LogP contribution is -2.48. The number of methoxy groups -OCH3 is 1. The summed E-state index contributed by atoms with van der Waals surface area (Å²) in [6.45, 7) is 1.61. The van der Waals surface area contributed by atoms with Crippen molar-refractivity contribution in [3.05, 3.63) is 35.4 Å². The van der Waals surface area contributed by atoms with Crippen molar-refractivity contribution in [2.45, 2.75) is 38.1 Å². The van der Waals surface area contributed by atoms with Gasteiger partial charge in [-0.15, -0.1) is 0 Å². The molecule has 3 nitrogen and oxygen atoms in total. The minimum atomic E-state index is 0.414. The first-order valence-corrected chi connectivity index (χ1v) is 5.83. The standard InChI is InChI=1S/C13H20N2O/c1-16-9-11-4-2-3-10(5-11)8-15-13-6-12(14)7-13/h2-5,12-13,15H,6-9,14H2,1H3.